The van der Waals surface area contributed by atoms with Crippen molar-refractivity contribution in [1.29, 1.82) is 0 Å². The van der Waals surface area contributed by atoms with E-state index in [4.69, 9.17) is 0 Å². The minimum absolute atomic E-state index is 0.161. The molecule has 2 aromatic rings. The number of nitrogens with zero attached hydrogens (tertiary/aromatic N) is 2. The highest BCUT2D eigenvalue weighted by Gasteiger charge is 2.14. The van der Waals surface area contributed by atoms with Gasteiger partial charge < -0.3 is 5.32 Å². The molecule has 0 fully saturated rings. The molecule has 0 radical (unpaired) electrons. The van der Waals surface area contributed by atoms with Crippen molar-refractivity contribution in [2.75, 3.05) is 7.05 Å². The summed E-state index contributed by atoms with van der Waals surface area (Å²) in [5.74, 6) is -0.347. The van der Waals surface area contributed by atoms with Crippen LogP contribution in [0.1, 0.15) is 17.3 Å². The van der Waals surface area contributed by atoms with E-state index in [1.54, 1.807) is 19.4 Å². The van der Waals surface area contributed by atoms with Crippen LogP contribution < -0.4 is 5.32 Å². The van der Waals surface area contributed by atoms with Gasteiger partial charge in [-0.25, -0.2) is 4.39 Å². The zero-order valence-electron chi connectivity index (χ0n) is 9.19. The van der Waals surface area contributed by atoms with Gasteiger partial charge in [-0.3, -0.25) is 9.97 Å². The van der Waals surface area contributed by atoms with Gasteiger partial charge in [-0.1, -0.05) is 0 Å². The third-order valence-electron chi connectivity index (χ3n) is 2.39. The zero-order chi connectivity index (χ0) is 12.3. The molecule has 1 N–H and O–H groups in total. The van der Waals surface area contributed by atoms with E-state index in [0.29, 0.717) is 0 Å². The molecule has 0 saturated heterocycles. The molecule has 0 aliphatic heterocycles. The first-order valence-corrected chi connectivity index (χ1v) is 5.89. The third-order valence-corrected chi connectivity index (χ3v) is 2.86. The number of hydrogen-bond acceptors (Lipinski definition) is 3. The standard InChI is InChI=1S/C12H11BrFN3/c1-15-12(8-4-10(14)7-16-5-8)11-3-2-9(13)6-17-11/h2-7,12,15H,1H3. The number of nitrogens with one attached hydrogen (secondary N) is 1. The highest BCUT2D eigenvalue weighted by Crippen LogP contribution is 2.20. The molecule has 5 heteroatoms. The van der Waals surface area contributed by atoms with Crippen molar-refractivity contribution < 1.29 is 4.39 Å². The summed E-state index contributed by atoms with van der Waals surface area (Å²) >= 11 is 3.33. The van der Waals surface area contributed by atoms with Gasteiger partial charge in [0, 0.05) is 16.9 Å². The van der Waals surface area contributed by atoms with Crippen LogP contribution in [0.4, 0.5) is 4.39 Å². The molecule has 88 valence electrons. The molecule has 0 bridgehead atoms. The molecule has 1 atom stereocenters. The second-order valence-corrected chi connectivity index (χ2v) is 4.48. The zero-order valence-corrected chi connectivity index (χ0v) is 10.8. The van der Waals surface area contributed by atoms with E-state index in [9.17, 15) is 4.39 Å². The van der Waals surface area contributed by atoms with E-state index in [2.05, 4.69) is 31.2 Å². The average molecular weight is 296 g/mol. The highest BCUT2D eigenvalue weighted by molar-refractivity contribution is 9.10. The van der Waals surface area contributed by atoms with Crippen LogP contribution in [0.25, 0.3) is 0 Å². The van der Waals surface area contributed by atoms with Gasteiger partial charge in [0.05, 0.1) is 17.9 Å². The van der Waals surface area contributed by atoms with Crippen LogP contribution in [0.3, 0.4) is 0 Å². The molecular weight excluding hydrogens is 285 g/mol. The second-order valence-electron chi connectivity index (χ2n) is 3.56. The lowest BCUT2D eigenvalue weighted by Gasteiger charge is -2.15. The molecule has 2 aromatic heterocycles. The first-order chi connectivity index (χ1) is 8.20. The van der Waals surface area contributed by atoms with Crippen molar-refractivity contribution in [2.45, 2.75) is 6.04 Å². The molecule has 0 amide bonds. The average Bonchev–Trinajstić information content (AvgIpc) is 2.33. The van der Waals surface area contributed by atoms with Gasteiger partial charge >= 0.3 is 0 Å². The monoisotopic (exact) mass is 295 g/mol. The minimum Gasteiger partial charge on any atom is -0.308 e. The summed E-state index contributed by atoms with van der Waals surface area (Å²) in [5, 5.41) is 3.10. The Morgan fingerprint density at radius 1 is 1.29 bits per heavy atom. The lowest BCUT2D eigenvalue weighted by atomic mass is 10.1. The van der Waals surface area contributed by atoms with Gasteiger partial charge in [0.25, 0.3) is 0 Å². The predicted molar refractivity (Wildman–Crippen MR) is 67.0 cm³/mol. The molecule has 1 unspecified atom stereocenters. The summed E-state index contributed by atoms with van der Waals surface area (Å²) < 4.78 is 14.0. The first kappa shape index (κ1) is 12.1. The topological polar surface area (TPSA) is 37.8 Å². The molecule has 0 aliphatic rings. The largest absolute Gasteiger partial charge is 0.308 e. The number of pyridine rings is 2. The Morgan fingerprint density at radius 3 is 2.71 bits per heavy atom. The molecule has 0 spiro atoms. The van der Waals surface area contributed by atoms with E-state index < -0.39 is 0 Å². The Morgan fingerprint density at radius 2 is 2.12 bits per heavy atom. The van der Waals surface area contributed by atoms with Crippen molar-refractivity contribution >= 4 is 15.9 Å². The Bertz CT molecular complexity index is 501. The second kappa shape index (κ2) is 5.33. The van der Waals surface area contributed by atoms with Crippen LogP contribution >= 0.6 is 15.9 Å². The SMILES string of the molecule is CNC(c1cncc(F)c1)c1ccc(Br)cn1. The van der Waals surface area contributed by atoms with E-state index >= 15 is 0 Å². The van der Waals surface area contributed by atoms with Gasteiger partial charge in [-0.15, -0.1) is 0 Å². The number of halogens is 2. The van der Waals surface area contributed by atoms with E-state index in [1.165, 1.54) is 12.3 Å². The van der Waals surface area contributed by atoms with Crippen LogP contribution in [0.5, 0.6) is 0 Å². The highest BCUT2D eigenvalue weighted by atomic mass is 79.9. The molecule has 0 saturated carbocycles. The molecular formula is C12H11BrFN3. The van der Waals surface area contributed by atoms with E-state index in [-0.39, 0.29) is 11.9 Å². The summed E-state index contributed by atoms with van der Waals surface area (Å²) in [6, 6.07) is 5.08. The number of rotatable bonds is 3. The van der Waals surface area contributed by atoms with Crippen LogP contribution in [0.2, 0.25) is 0 Å². The van der Waals surface area contributed by atoms with Crippen molar-refractivity contribution in [1.82, 2.24) is 15.3 Å². The number of aromatic nitrogens is 2. The maximum Gasteiger partial charge on any atom is 0.141 e. The smallest absolute Gasteiger partial charge is 0.141 e. The van der Waals surface area contributed by atoms with Gasteiger partial charge in [0.2, 0.25) is 0 Å². The van der Waals surface area contributed by atoms with Crippen molar-refractivity contribution in [3.8, 4) is 0 Å². The first-order valence-electron chi connectivity index (χ1n) is 5.10. The molecule has 3 nitrogen and oxygen atoms in total. The Balaban J connectivity index is 2.36. The molecule has 17 heavy (non-hydrogen) atoms. The maximum atomic E-state index is 13.1. The summed E-state index contributed by atoms with van der Waals surface area (Å²) in [6.45, 7) is 0. The van der Waals surface area contributed by atoms with Crippen LogP contribution in [0, 0.1) is 5.82 Å². The van der Waals surface area contributed by atoms with Crippen molar-refractivity contribution in [2.24, 2.45) is 0 Å². The van der Waals surface area contributed by atoms with E-state index in [1.807, 2.05) is 12.1 Å². The predicted octanol–water partition coefficient (Wildman–Crippen LogP) is 2.69. The maximum absolute atomic E-state index is 13.1. The Kier molecular flexibility index (Phi) is 3.81. The Labute approximate surface area is 107 Å². The van der Waals surface area contributed by atoms with Gasteiger partial charge in [0.15, 0.2) is 0 Å². The van der Waals surface area contributed by atoms with Crippen LogP contribution in [-0.2, 0) is 0 Å². The normalized spacial score (nSPS) is 12.4. The molecule has 2 rings (SSSR count). The van der Waals surface area contributed by atoms with E-state index in [0.717, 1.165) is 15.7 Å². The summed E-state index contributed by atoms with van der Waals surface area (Å²) in [5.41, 5.74) is 1.57. The molecule has 0 aromatic carbocycles. The number of hydrogen-bond donors (Lipinski definition) is 1. The quantitative estimate of drug-likeness (QED) is 0.946. The van der Waals surface area contributed by atoms with Gasteiger partial charge in [-0.2, -0.15) is 0 Å². The summed E-state index contributed by atoms with van der Waals surface area (Å²) in [6.07, 6.45) is 4.53. The fourth-order valence-electron chi connectivity index (χ4n) is 1.63. The minimum atomic E-state index is -0.347. The molecule has 0 aliphatic carbocycles. The summed E-state index contributed by atoms with van der Waals surface area (Å²) in [4.78, 5) is 8.14. The lowest BCUT2D eigenvalue weighted by molar-refractivity contribution is 0.606. The Hall–Kier alpha value is -1.33. The third kappa shape index (κ3) is 2.87. The van der Waals surface area contributed by atoms with Crippen molar-refractivity contribution in [3.63, 3.8) is 0 Å². The van der Waals surface area contributed by atoms with Crippen LogP contribution in [0.15, 0.2) is 41.3 Å². The van der Waals surface area contributed by atoms with Crippen molar-refractivity contribution in [3.05, 3.63) is 58.3 Å². The molecule has 2 heterocycles. The fraction of sp³-hybridized carbons (Fsp3) is 0.167. The summed E-state index contributed by atoms with van der Waals surface area (Å²) in [7, 11) is 1.80. The lowest BCUT2D eigenvalue weighted by Crippen LogP contribution is -2.19. The fourth-order valence-corrected chi connectivity index (χ4v) is 1.86. The van der Waals surface area contributed by atoms with Gasteiger partial charge in [-0.05, 0) is 46.7 Å². The van der Waals surface area contributed by atoms with Crippen LogP contribution in [-0.4, -0.2) is 17.0 Å². The van der Waals surface area contributed by atoms with Gasteiger partial charge in [0.1, 0.15) is 5.82 Å².